The van der Waals surface area contributed by atoms with Crippen molar-refractivity contribution in [1.82, 2.24) is 0 Å². The van der Waals surface area contributed by atoms with E-state index in [1.165, 1.54) is 11.1 Å². The van der Waals surface area contributed by atoms with Crippen LogP contribution in [0.15, 0.2) is 24.3 Å². The van der Waals surface area contributed by atoms with Gasteiger partial charge in [0.15, 0.2) is 0 Å². The Morgan fingerprint density at radius 3 is 1.94 bits per heavy atom. The Balaban J connectivity index is 2.92. The molecule has 1 nitrogen and oxygen atoms in total. The first-order chi connectivity index (χ1) is 7.86. The summed E-state index contributed by atoms with van der Waals surface area (Å²) in [4.78, 5) is 0. The summed E-state index contributed by atoms with van der Waals surface area (Å²) in [5.74, 6) is 1.04. The molecule has 1 heteroatoms. The Labute approximate surface area is 106 Å². The molecule has 0 saturated carbocycles. The highest BCUT2D eigenvalue weighted by atomic mass is 16.3. The lowest BCUT2D eigenvalue weighted by molar-refractivity contribution is 0.261. The predicted molar refractivity (Wildman–Crippen MR) is 74.4 cm³/mol. The van der Waals surface area contributed by atoms with Crippen LogP contribution in [0, 0.1) is 5.92 Å². The molecule has 1 atom stereocenters. The van der Waals surface area contributed by atoms with E-state index in [1.54, 1.807) is 0 Å². The van der Waals surface area contributed by atoms with Gasteiger partial charge in [-0.15, -0.1) is 0 Å². The lowest BCUT2D eigenvalue weighted by atomic mass is 9.82. The zero-order chi connectivity index (χ0) is 13.1. The third-order valence-corrected chi connectivity index (χ3v) is 3.45. The Morgan fingerprint density at radius 1 is 1.06 bits per heavy atom. The highest BCUT2D eigenvalue weighted by Crippen LogP contribution is 2.30. The van der Waals surface area contributed by atoms with Crippen LogP contribution < -0.4 is 0 Å². The second-order valence-electron chi connectivity index (χ2n) is 6.23. The molecule has 1 rings (SSSR count). The first kappa shape index (κ1) is 14.2. The molecule has 96 valence electrons. The molecule has 1 N–H and O–H groups in total. The average Bonchev–Trinajstić information content (AvgIpc) is 2.24. The molecular formula is C16H26O. The summed E-state index contributed by atoms with van der Waals surface area (Å²) >= 11 is 0. The maximum Gasteiger partial charge on any atom is 0.0436 e. The maximum atomic E-state index is 9.13. The summed E-state index contributed by atoms with van der Waals surface area (Å²) in [6, 6.07) is 8.89. The van der Waals surface area contributed by atoms with Gasteiger partial charge in [0.2, 0.25) is 0 Å². The van der Waals surface area contributed by atoms with Gasteiger partial charge >= 0.3 is 0 Å². The SMILES string of the molecule is CC(C)[C@H](CCO)c1ccc(C(C)(C)C)cc1. The van der Waals surface area contributed by atoms with Crippen LogP contribution in [0.25, 0.3) is 0 Å². The number of rotatable bonds is 4. The smallest absolute Gasteiger partial charge is 0.0436 e. The molecular weight excluding hydrogens is 208 g/mol. The van der Waals surface area contributed by atoms with Crippen LogP contribution in [0.4, 0.5) is 0 Å². The molecule has 0 aliphatic carbocycles. The minimum atomic E-state index is 0.211. The molecule has 0 aliphatic rings. The fraction of sp³-hybridized carbons (Fsp3) is 0.625. The van der Waals surface area contributed by atoms with Crippen LogP contribution in [0.3, 0.4) is 0 Å². The Morgan fingerprint density at radius 2 is 1.59 bits per heavy atom. The first-order valence-corrected chi connectivity index (χ1v) is 6.57. The zero-order valence-electron chi connectivity index (χ0n) is 11.8. The maximum absolute atomic E-state index is 9.13. The van der Waals surface area contributed by atoms with Gasteiger partial charge in [0.25, 0.3) is 0 Å². The highest BCUT2D eigenvalue weighted by molar-refractivity contribution is 5.29. The zero-order valence-corrected chi connectivity index (χ0v) is 11.8. The van der Waals surface area contributed by atoms with Crippen molar-refractivity contribution in [3.05, 3.63) is 35.4 Å². The van der Waals surface area contributed by atoms with Crippen molar-refractivity contribution >= 4 is 0 Å². The van der Waals surface area contributed by atoms with Crippen LogP contribution in [0.1, 0.15) is 58.1 Å². The average molecular weight is 234 g/mol. The van der Waals surface area contributed by atoms with Crippen molar-refractivity contribution in [1.29, 1.82) is 0 Å². The number of aliphatic hydroxyl groups is 1. The van der Waals surface area contributed by atoms with E-state index < -0.39 is 0 Å². The van der Waals surface area contributed by atoms with Crippen molar-refractivity contribution in [2.75, 3.05) is 6.61 Å². The predicted octanol–water partition coefficient (Wildman–Crippen LogP) is 4.11. The third-order valence-electron chi connectivity index (χ3n) is 3.45. The van der Waals surface area contributed by atoms with Crippen molar-refractivity contribution in [2.24, 2.45) is 5.92 Å². The van der Waals surface area contributed by atoms with Gasteiger partial charge in [-0.25, -0.2) is 0 Å². The van der Waals surface area contributed by atoms with Gasteiger partial charge in [0.1, 0.15) is 0 Å². The first-order valence-electron chi connectivity index (χ1n) is 6.57. The van der Waals surface area contributed by atoms with Crippen LogP contribution in [-0.4, -0.2) is 11.7 Å². The molecule has 1 aromatic carbocycles. The molecule has 17 heavy (non-hydrogen) atoms. The minimum Gasteiger partial charge on any atom is -0.396 e. The Bertz CT molecular complexity index is 330. The summed E-state index contributed by atoms with van der Waals surface area (Å²) in [7, 11) is 0. The number of benzene rings is 1. The van der Waals surface area contributed by atoms with Gasteiger partial charge in [-0.1, -0.05) is 58.9 Å². The van der Waals surface area contributed by atoms with Crippen LogP contribution in [0.5, 0.6) is 0 Å². The molecule has 0 bridgehead atoms. The Kier molecular flexibility index (Phi) is 4.76. The fourth-order valence-corrected chi connectivity index (χ4v) is 2.25. The normalized spacial score (nSPS) is 14.1. The van der Waals surface area contributed by atoms with E-state index in [4.69, 9.17) is 5.11 Å². The monoisotopic (exact) mass is 234 g/mol. The molecule has 0 radical (unpaired) electrons. The largest absolute Gasteiger partial charge is 0.396 e. The van der Waals surface area contributed by atoms with Crippen LogP contribution in [-0.2, 0) is 5.41 Å². The number of aliphatic hydroxyl groups excluding tert-OH is 1. The summed E-state index contributed by atoms with van der Waals surface area (Å²) in [5.41, 5.74) is 2.93. The summed E-state index contributed by atoms with van der Waals surface area (Å²) in [5, 5.41) is 9.13. The standard InChI is InChI=1S/C16H26O/c1-12(2)15(10-11-17)13-6-8-14(9-7-13)16(3,4)5/h6-9,12,15,17H,10-11H2,1-5H3/t15-/m0/s1. The lowest BCUT2D eigenvalue weighted by Gasteiger charge is -2.23. The minimum absolute atomic E-state index is 0.211. The third kappa shape index (κ3) is 3.85. The van der Waals surface area contributed by atoms with Gasteiger partial charge in [0.05, 0.1) is 0 Å². The van der Waals surface area contributed by atoms with Gasteiger partial charge in [-0.3, -0.25) is 0 Å². The molecule has 0 heterocycles. The summed E-state index contributed by atoms with van der Waals surface area (Å²) in [6.07, 6.45) is 0.854. The quantitative estimate of drug-likeness (QED) is 0.831. The van der Waals surface area contributed by atoms with Crippen LogP contribution in [0.2, 0.25) is 0 Å². The van der Waals surface area contributed by atoms with E-state index in [9.17, 15) is 0 Å². The van der Waals surface area contributed by atoms with E-state index in [2.05, 4.69) is 58.9 Å². The molecule has 0 aromatic heterocycles. The number of hydrogen-bond acceptors (Lipinski definition) is 1. The molecule has 0 aliphatic heterocycles. The molecule has 0 spiro atoms. The highest BCUT2D eigenvalue weighted by Gasteiger charge is 2.17. The lowest BCUT2D eigenvalue weighted by Crippen LogP contribution is -2.12. The topological polar surface area (TPSA) is 20.2 Å². The van der Waals surface area contributed by atoms with Gasteiger partial charge < -0.3 is 5.11 Å². The van der Waals surface area contributed by atoms with Crippen molar-refractivity contribution in [3.63, 3.8) is 0 Å². The van der Waals surface area contributed by atoms with E-state index in [0.29, 0.717) is 11.8 Å². The van der Waals surface area contributed by atoms with E-state index in [0.717, 1.165) is 6.42 Å². The van der Waals surface area contributed by atoms with Crippen molar-refractivity contribution in [2.45, 2.75) is 52.4 Å². The molecule has 0 fully saturated rings. The van der Waals surface area contributed by atoms with Gasteiger partial charge in [-0.2, -0.15) is 0 Å². The van der Waals surface area contributed by atoms with Gasteiger partial charge in [-0.05, 0) is 34.8 Å². The molecule has 0 amide bonds. The second-order valence-corrected chi connectivity index (χ2v) is 6.23. The molecule has 0 saturated heterocycles. The molecule has 1 aromatic rings. The van der Waals surface area contributed by atoms with Gasteiger partial charge in [0, 0.05) is 6.61 Å². The fourth-order valence-electron chi connectivity index (χ4n) is 2.25. The summed E-state index contributed by atoms with van der Waals surface area (Å²) < 4.78 is 0. The van der Waals surface area contributed by atoms with E-state index >= 15 is 0 Å². The van der Waals surface area contributed by atoms with E-state index in [1.807, 2.05) is 0 Å². The second kappa shape index (κ2) is 5.68. The van der Waals surface area contributed by atoms with E-state index in [-0.39, 0.29) is 12.0 Å². The number of hydrogen-bond donors (Lipinski definition) is 1. The van der Waals surface area contributed by atoms with Crippen molar-refractivity contribution in [3.8, 4) is 0 Å². The van der Waals surface area contributed by atoms with Crippen LogP contribution >= 0.6 is 0 Å². The Hall–Kier alpha value is -0.820. The summed E-state index contributed by atoms with van der Waals surface area (Å²) in [6.45, 7) is 11.4. The molecule has 0 unspecified atom stereocenters. The van der Waals surface area contributed by atoms with Crippen molar-refractivity contribution < 1.29 is 5.11 Å².